The van der Waals surface area contributed by atoms with Gasteiger partial charge in [0.2, 0.25) is 0 Å². The van der Waals surface area contributed by atoms with Crippen LogP contribution in [-0.2, 0) is 13.1 Å². The minimum Gasteiger partial charge on any atom is -0.315 e. The van der Waals surface area contributed by atoms with Crippen LogP contribution in [0.3, 0.4) is 0 Å². The number of carbonyl (C=O) groups is 1. The normalized spacial score (nSPS) is 16.7. The lowest BCUT2D eigenvalue weighted by Crippen LogP contribution is -2.43. The van der Waals surface area contributed by atoms with Crippen LogP contribution in [0.2, 0.25) is 0 Å². The van der Waals surface area contributed by atoms with E-state index in [1.165, 1.54) is 24.3 Å². The number of benzene rings is 1. The number of carbonyl (C=O) groups excluding carboxylic acids is 1. The zero-order valence-corrected chi connectivity index (χ0v) is 11.2. The molecule has 2 heterocycles. The molecule has 3 rings (SSSR count). The largest absolute Gasteiger partial charge is 0.315 e. The second-order valence-electron chi connectivity index (χ2n) is 4.96. The van der Waals surface area contributed by atoms with Crippen molar-refractivity contribution in [3.8, 4) is 0 Å². The summed E-state index contributed by atoms with van der Waals surface area (Å²) >= 11 is 0. The Hall–Kier alpha value is -2.08. The zero-order chi connectivity index (χ0) is 14.1. The fraction of sp³-hybridized carbons (Fsp3) is 0.357. The average Bonchev–Trinajstić information content (AvgIpc) is 2.94. The molecule has 0 radical (unpaired) electrons. The molecule has 0 amide bonds. The van der Waals surface area contributed by atoms with E-state index in [4.69, 9.17) is 0 Å². The van der Waals surface area contributed by atoms with E-state index in [0.717, 1.165) is 18.9 Å². The molecule has 1 aliphatic rings. The minimum atomic E-state index is -0.333. The standard InChI is InChI=1S/C14H15FN4O/c1-10(14(20)11-2-4-12(15)5-3-11)18-6-7-19-9-16-17-13(19)8-18/h2-5,9-10H,6-8H2,1H3. The van der Waals surface area contributed by atoms with Crippen molar-refractivity contribution in [2.45, 2.75) is 26.1 Å². The summed E-state index contributed by atoms with van der Waals surface area (Å²) < 4.78 is 14.9. The third-order valence-electron chi connectivity index (χ3n) is 3.72. The summed E-state index contributed by atoms with van der Waals surface area (Å²) in [4.78, 5) is 14.5. The Bertz CT molecular complexity index is 622. The number of aromatic nitrogens is 3. The maximum Gasteiger partial charge on any atom is 0.179 e. The van der Waals surface area contributed by atoms with Gasteiger partial charge in [-0.3, -0.25) is 9.69 Å². The Morgan fingerprint density at radius 3 is 2.80 bits per heavy atom. The van der Waals surface area contributed by atoms with E-state index in [2.05, 4.69) is 15.1 Å². The summed E-state index contributed by atoms with van der Waals surface area (Å²) in [6, 6.07) is 5.42. The van der Waals surface area contributed by atoms with E-state index in [9.17, 15) is 9.18 Å². The van der Waals surface area contributed by atoms with Crippen LogP contribution in [0.4, 0.5) is 4.39 Å². The van der Waals surface area contributed by atoms with Crippen LogP contribution in [0.25, 0.3) is 0 Å². The lowest BCUT2D eigenvalue weighted by atomic mass is 10.0. The molecular weight excluding hydrogens is 259 g/mol. The van der Waals surface area contributed by atoms with Crippen molar-refractivity contribution in [2.24, 2.45) is 0 Å². The number of nitrogens with zero attached hydrogens (tertiary/aromatic N) is 4. The topological polar surface area (TPSA) is 51.0 Å². The van der Waals surface area contributed by atoms with Crippen LogP contribution in [-0.4, -0.2) is 38.0 Å². The Kier molecular flexibility index (Phi) is 3.31. The highest BCUT2D eigenvalue weighted by Crippen LogP contribution is 2.16. The second-order valence-corrected chi connectivity index (χ2v) is 4.96. The van der Waals surface area contributed by atoms with Crippen LogP contribution in [0.1, 0.15) is 23.1 Å². The Morgan fingerprint density at radius 2 is 2.05 bits per heavy atom. The molecule has 104 valence electrons. The molecule has 0 saturated heterocycles. The van der Waals surface area contributed by atoms with Crippen molar-refractivity contribution < 1.29 is 9.18 Å². The van der Waals surface area contributed by atoms with E-state index in [0.29, 0.717) is 12.1 Å². The SMILES string of the molecule is CC(C(=O)c1ccc(F)cc1)N1CCn2cnnc2C1. The fourth-order valence-electron chi connectivity index (χ4n) is 2.44. The highest BCUT2D eigenvalue weighted by Gasteiger charge is 2.26. The predicted octanol–water partition coefficient (Wildman–Crippen LogP) is 1.50. The molecule has 1 aromatic carbocycles. The van der Waals surface area contributed by atoms with Crippen molar-refractivity contribution in [2.75, 3.05) is 6.54 Å². The van der Waals surface area contributed by atoms with Gasteiger partial charge >= 0.3 is 0 Å². The summed E-state index contributed by atoms with van der Waals surface area (Å²) in [7, 11) is 0. The molecule has 0 N–H and O–H groups in total. The first kappa shape index (κ1) is 12.9. The number of hydrogen-bond acceptors (Lipinski definition) is 4. The molecule has 0 fully saturated rings. The molecule has 1 aromatic heterocycles. The summed E-state index contributed by atoms with van der Waals surface area (Å²) in [6.45, 7) is 4.04. The van der Waals surface area contributed by atoms with Crippen LogP contribution in [0, 0.1) is 5.82 Å². The third kappa shape index (κ3) is 2.34. The van der Waals surface area contributed by atoms with Crippen molar-refractivity contribution in [1.29, 1.82) is 0 Å². The van der Waals surface area contributed by atoms with Crippen LogP contribution < -0.4 is 0 Å². The molecule has 1 atom stereocenters. The zero-order valence-electron chi connectivity index (χ0n) is 11.2. The smallest absolute Gasteiger partial charge is 0.179 e. The monoisotopic (exact) mass is 274 g/mol. The van der Waals surface area contributed by atoms with Gasteiger partial charge in [-0.15, -0.1) is 10.2 Å². The summed E-state index contributed by atoms with van der Waals surface area (Å²) in [6.07, 6.45) is 1.71. The average molecular weight is 274 g/mol. The Morgan fingerprint density at radius 1 is 1.30 bits per heavy atom. The number of ketones is 1. The van der Waals surface area contributed by atoms with E-state index in [-0.39, 0.29) is 17.6 Å². The fourth-order valence-corrected chi connectivity index (χ4v) is 2.44. The van der Waals surface area contributed by atoms with E-state index in [1.807, 2.05) is 11.5 Å². The van der Waals surface area contributed by atoms with Gasteiger partial charge in [0.15, 0.2) is 5.78 Å². The van der Waals surface area contributed by atoms with Crippen LogP contribution in [0.5, 0.6) is 0 Å². The highest BCUT2D eigenvalue weighted by atomic mass is 19.1. The molecule has 0 bridgehead atoms. The lowest BCUT2D eigenvalue weighted by Gasteiger charge is -2.31. The first-order chi connectivity index (χ1) is 9.65. The van der Waals surface area contributed by atoms with Gasteiger partial charge in [0.1, 0.15) is 18.0 Å². The minimum absolute atomic E-state index is 0.00188. The maximum absolute atomic E-state index is 12.9. The van der Waals surface area contributed by atoms with Gasteiger partial charge in [0.25, 0.3) is 0 Å². The number of hydrogen-bond donors (Lipinski definition) is 0. The molecular formula is C14H15FN4O. The molecule has 20 heavy (non-hydrogen) atoms. The van der Waals surface area contributed by atoms with Gasteiger partial charge < -0.3 is 4.57 Å². The van der Waals surface area contributed by atoms with E-state index >= 15 is 0 Å². The van der Waals surface area contributed by atoms with Gasteiger partial charge in [-0.05, 0) is 31.2 Å². The van der Waals surface area contributed by atoms with Gasteiger partial charge in [-0.1, -0.05) is 0 Å². The van der Waals surface area contributed by atoms with Gasteiger partial charge in [-0.2, -0.15) is 0 Å². The first-order valence-electron chi connectivity index (χ1n) is 6.55. The lowest BCUT2D eigenvalue weighted by molar-refractivity contribution is 0.0793. The first-order valence-corrected chi connectivity index (χ1v) is 6.55. The molecule has 0 spiro atoms. The van der Waals surface area contributed by atoms with Crippen molar-refractivity contribution in [1.82, 2.24) is 19.7 Å². The molecule has 0 aliphatic carbocycles. The molecule has 6 heteroatoms. The number of halogens is 1. The second kappa shape index (κ2) is 5.13. The Labute approximate surface area is 116 Å². The summed E-state index contributed by atoms with van der Waals surface area (Å²) in [5.41, 5.74) is 0.533. The van der Waals surface area contributed by atoms with Crippen molar-refractivity contribution >= 4 is 5.78 Å². The third-order valence-corrected chi connectivity index (χ3v) is 3.72. The number of Topliss-reactive ketones (excluding diaryl/α,β-unsaturated/α-hetero) is 1. The maximum atomic E-state index is 12.9. The highest BCUT2D eigenvalue weighted by molar-refractivity contribution is 5.99. The van der Waals surface area contributed by atoms with Crippen LogP contribution in [0.15, 0.2) is 30.6 Å². The quantitative estimate of drug-likeness (QED) is 0.796. The summed E-state index contributed by atoms with van der Waals surface area (Å²) in [5, 5.41) is 7.91. The van der Waals surface area contributed by atoms with Crippen molar-refractivity contribution in [3.63, 3.8) is 0 Å². The van der Waals surface area contributed by atoms with Crippen molar-refractivity contribution in [3.05, 3.63) is 47.8 Å². The van der Waals surface area contributed by atoms with Gasteiger partial charge in [0.05, 0.1) is 12.6 Å². The van der Waals surface area contributed by atoms with E-state index < -0.39 is 0 Å². The molecule has 1 aliphatic heterocycles. The number of fused-ring (bicyclic) bond motifs is 1. The Balaban J connectivity index is 1.74. The van der Waals surface area contributed by atoms with Crippen LogP contribution >= 0.6 is 0 Å². The predicted molar refractivity (Wildman–Crippen MR) is 70.6 cm³/mol. The van der Waals surface area contributed by atoms with Gasteiger partial charge in [0, 0.05) is 18.7 Å². The summed E-state index contributed by atoms with van der Waals surface area (Å²) in [5.74, 6) is 0.535. The molecule has 1 unspecified atom stereocenters. The molecule has 0 saturated carbocycles. The van der Waals surface area contributed by atoms with E-state index in [1.54, 1.807) is 6.33 Å². The molecule has 5 nitrogen and oxygen atoms in total. The number of rotatable bonds is 3. The van der Waals surface area contributed by atoms with Gasteiger partial charge in [-0.25, -0.2) is 4.39 Å². The molecule has 2 aromatic rings.